The smallest absolute Gasteiger partial charge is 0.0467 e. The van der Waals surface area contributed by atoms with Gasteiger partial charge >= 0.3 is 0 Å². The molecule has 1 nitrogen and oxygen atoms in total. The van der Waals surface area contributed by atoms with Gasteiger partial charge in [-0.2, -0.15) is 0 Å². The van der Waals surface area contributed by atoms with Crippen LogP contribution in [0.15, 0.2) is 60.7 Å². The zero-order chi connectivity index (χ0) is 14.4. The van der Waals surface area contributed by atoms with Crippen LogP contribution in [-0.4, -0.2) is 4.98 Å². The number of aryl methyl sites for hydroxylation is 2. The van der Waals surface area contributed by atoms with Gasteiger partial charge in [-0.05, 0) is 54.3 Å². The number of rotatable bonds is 1. The Morgan fingerprint density at radius 1 is 0.619 bits per heavy atom. The summed E-state index contributed by atoms with van der Waals surface area (Å²) in [5.74, 6) is 0. The van der Waals surface area contributed by atoms with Crippen LogP contribution in [0, 0.1) is 13.8 Å². The van der Waals surface area contributed by atoms with E-state index in [2.05, 4.69) is 79.5 Å². The van der Waals surface area contributed by atoms with Crippen LogP contribution in [0.5, 0.6) is 0 Å². The molecule has 102 valence electrons. The highest BCUT2D eigenvalue weighted by atomic mass is 14.7. The third kappa shape index (κ3) is 1.85. The molecule has 0 aliphatic carbocycles. The van der Waals surface area contributed by atoms with Crippen LogP contribution in [0.3, 0.4) is 0 Å². The summed E-state index contributed by atoms with van der Waals surface area (Å²) in [6, 6.07) is 21.7. The number of aromatic nitrogens is 1. The molecule has 1 heterocycles. The highest BCUT2D eigenvalue weighted by Crippen LogP contribution is 2.33. The quantitative estimate of drug-likeness (QED) is 0.463. The van der Waals surface area contributed by atoms with Crippen LogP contribution >= 0.6 is 0 Å². The zero-order valence-corrected chi connectivity index (χ0v) is 12.3. The Balaban J connectivity index is 2.08. The fourth-order valence-corrected chi connectivity index (χ4v) is 3.17. The number of benzene rings is 3. The fraction of sp³-hybridized carbons (Fsp3) is 0.100. The lowest BCUT2D eigenvalue weighted by Crippen LogP contribution is -1.87. The van der Waals surface area contributed by atoms with E-state index in [9.17, 15) is 0 Å². The monoisotopic (exact) mass is 271 g/mol. The van der Waals surface area contributed by atoms with Crippen molar-refractivity contribution in [2.24, 2.45) is 0 Å². The number of H-pyrrole nitrogens is 1. The lowest BCUT2D eigenvalue weighted by Gasteiger charge is -2.10. The maximum atomic E-state index is 3.51. The van der Waals surface area contributed by atoms with Gasteiger partial charge in [-0.15, -0.1) is 0 Å². The predicted molar refractivity (Wildman–Crippen MR) is 90.7 cm³/mol. The van der Waals surface area contributed by atoms with Crippen molar-refractivity contribution in [3.8, 4) is 11.1 Å². The van der Waals surface area contributed by atoms with Gasteiger partial charge in [0.05, 0.1) is 0 Å². The molecule has 0 amide bonds. The minimum atomic E-state index is 1.20. The summed E-state index contributed by atoms with van der Waals surface area (Å²) in [5, 5.41) is 2.59. The summed E-state index contributed by atoms with van der Waals surface area (Å²) in [7, 11) is 0. The van der Waals surface area contributed by atoms with Crippen molar-refractivity contribution in [3.05, 3.63) is 71.8 Å². The highest BCUT2D eigenvalue weighted by molar-refractivity contribution is 6.08. The number of aromatic amines is 1. The van der Waals surface area contributed by atoms with Gasteiger partial charge in [-0.1, -0.05) is 42.5 Å². The molecule has 0 unspecified atom stereocenters. The normalized spacial score (nSPS) is 11.3. The molecule has 0 saturated carbocycles. The molecule has 0 fully saturated rings. The van der Waals surface area contributed by atoms with Crippen LogP contribution < -0.4 is 0 Å². The van der Waals surface area contributed by atoms with Crippen LogP contribution in [-0.2, 0) is 0 Å². The Kier molecular flexibility index (Phi) is 2.61. The first-order valence-corrected chi connectivity index (χ1v) is 7.31. The molecule has 0 saturated heterocycles. The summed E-state index contributed by atoms with van der Waals surface area (Å²) in [6.07, 6.45) is 0. The number of para-hydroxylation sites is 1. The average molecular weight is 271 g/mol. The molecule has 3 aromatic carbocycles. The van der Waals surface area contributed by atoms with Crippen LogP contribution in [0.4, 0.5) is 0 Å². The molecule has 21 heavy (non-hydrogen) atoms. The third-order valence-electron chi connectivity index (χ3n) is 4.29. The van der Waals surface area contributed by atoms with Gasteiger partial charge in [0, 0.05) is 21.8 Å². The van der Waals surface area contributed by atoms with Gasteiger partial charge in [0.1, 0.15) is 0 Å². The van der Waals surface area contributed by atoms with Crippen molar-refractivity contribution in [1.82, 2.24) is 4.98 Å². The lowest BCUT2D eigenvalue weighted by atomic mass is 9.95. The maximum Gasteiger partial charge on any atom is 0.0467 e. The number of fused-ring (bicyclic) bond motifs is 3. The Labute approximate surface area is 124 Å². The standard InChI is InChI=1S/C20H17N/c1-13-7-3-4-8-15(13)17-12-18-16-9-5-6-10-19(16)21-20(18)11-14(17)2/h3-12,21H,1-2H3. The molecule has 1 aromatic heterocycles. The van der Waals surface area contributed by atoms with E-state index >= 15 is 0 Å². The second-order valence-electron chi connectivity index (χ2n) is 5.70. The van der Waals surface area contributed by atoms with Gasteiger partial charge in [-0.3, -0.25) is 0 Å². The Hall–Kier alpha value is -2.54. The summed E-state index contributed by atoms with van der Waals surface area (Å²) >= 11 is 0. The summed E-state index contributed by atoms with van der Waals surface area (Å²) in [4.78, 5) is 3.51. The maximum absolute atomic E-state index is 3.51. The first-order chi connectivity index (χ1) is 10.2. The summed E-state index contributed by atoms with van der Waals surface area (Å²) < 4.78 is 0. The number of hydrogen-bond donors (Lipinski definition) is 1. The third-order valence-corrected chi connectivity index (χ3v) is 4.29. The Morgan fingerprint density at radius 2 is 1.38 bits per heavy atom. The Bertz CT molecular complexity index is 960. The van der Waals surface area contributed by atoms with Gasteiger partial charge in [0.2, 0.25) is 0 Å². The van der Waals surface area contributed by atoms with Crippen molar-refractivity contribution < 1.29 is 0 Å². The van der Waals surface area contributed by atoms with Crippen LogP contribution in [0.1, 0.15) is 11.1 Å². The van der Waals surface area contributed by atoms with Crippen molar-refractivity contribution >= 4 is 21.8 Å². The second-order valence-corrected chi connectivity index (χ2v) is 5.70. The second kappa shape index (κ2) is 4.49. The molecular formula is C20H17N. The lowest BCUT2D eigenvalue weighted by molar-refractivity contribution is 1.41. The SMILES string of the molecule is Cc1ccccc1-c1cc2c(cc1C)[nH]c1ccccc12. The Morgan fingerprint density at radius 3 is 2.24 bits per heavy atom. The van der Waals surface area contributed by atoms with Crippen LogP contribution in [0.25, 0.3) is 32.9 Å². The minimum absolute atomic E-state index is 1.20. The van der Waals surface area contributed by atoms with E-state index in [0.29, 0.717) is 0 Å². The van der Waals surface area contributed by atoms with E-state index in [4.69, 9.17) is 0 Å². The fourth-order valence-electron chi connectivity index (χ4n) is 3.17. The van der Waals surface area contributed by atoms with Crippen molar-refractivity contribution in [2.45, 2.75) is 13.8 Å². The molecule has 0 aliphatic rings. The molecule has 0 radical (unpaired) electrons. The van der Waals surface area contributed by atoms with E-state index in [1.807, 2.05) is 0 Å². The van der Waals surface area contributed by atoms with Gasteiger partial charge in [0.25, 0.3) is 0 Å². The molecule has 1 heteroatoms. The van der Waals surface area contributed by atoms with Crippen molar-refractivity contribution in [3.63, 3.8) is 0 Å². The molecule has 0 aliphatic heterocycles. The average Bonchev–Trinajstić information content (AvgIpc) is 2.84. The van der Waals surface area contributed by atoms with Gasteiger partial charge < -0.3 is 4.98 Å². The summed E-state index contributed by atoms with van der Waals surface area (Å²) in [5.41, 5.74) is 7.69. The van der Waals surface area contributed by atoms with Crippen molar-refractivity contribution in [2.75, 3.05) is 0 Å². The molecule has 0 bridgehead atoms. The number of hydrogen-bond acceptors (Lipinski definition) is 0. The highest BCUT2D eigenvalue weighted by Gasteiger charge is 2.10. The van der Waals surface area contributed by atoms with E-state index in [1.165, 1.54) is 44.1 Å². The molecule has 0 atom stereocenters. The predicted octanol–water partition coefficient (Wildman–Crippen LogP) is 5.60. The van der Waals surface area contributed by atoms with Crippen molar-refractivity contribution in [1.29, 1.82) is 0 Å². The van der Waals surface area contributed by atoms with E-state index < -0.39 is 0 Å². The molecular weight excluding hydrogens is 254 g/mol. The molecule has 1 N–H and O–H groups in total. The van der Waals surface area contributed by atoms with E-state index in [1.54, 1.807) is 0 Å². The molecule has 0 spiro atoms. The van der Waals surface area contributed by atoms with Crippen LogP contribution in [0.2, 0.25) is 0 Å². The topological polar surface area (TPSA) is 15.8 Å². The largest absolute Gasteiger partial charge is 0.355 e. The van der Waals surface area contributed by atoms with Gasteiger partial charge in [0.15, 0.2) is 0 Å². The van der Waals surface area contributed by atoms with E-state index in [0.717, 1.165) is 0 Å². The number of nitrogens with one attached hydrogen (secondary N) is 1. The summed E-state index contributed by atoms with van der Waals surface area (Å²) in [6.45, 7) is 4.36. The minimum Gasteiger partial charge on any atom is -0.355 e. The van der Waals surface area contributed by atoms with E-state index in [-0.39, 0.29) is 0 Å². The molecule has 4 aromatic rings. The first kappa shape index (κ1) is 12.2. The molecule has 4 rings (SSSR count). The first-order valence-electron chi connectivity index (χ1n) is 7.31. The zero-order valence-electron chi connectivity index (χ0n) is 12.3. The van der Waals surface area contributed by atoms with Gasteiger partial charge in [-0.25, -0.2) is 0 Å².